The van der Waals surface area contributed by atoms with Crippen LogP contribution in [0.2, 0.25) is 0 Å². The molecule has 3 amide bonds. The average Bonchev–Trinajstić information content (AvgIpc) is 2.81. The molecule has 3 rings (SSSR count). The highest BCUT2D eigenvalue weighted by Crippen LogP contribution is 2.37. The zero-order valence-corrected chi connectivity index (χ0v) is 13.7. The molecule has 1 aromatic rings. The van der Waals surface area contributed by atoms with E-state index in [1.165, 1.54) is 12.1 Å². The highest BCUT2D eigenvalue weighted by molar-refractivity contribution is 6.08. The lowest BCUT2D eigenvalue weighted by Crippen LogP contribution is -2.38. The third kappa shape index (κ3) is 3.97. The molecule has 0 bridgehead atoms. The van der Waals surface area contributed by atoms with Crippen LogP contribution in [-0.4, -0.2) is 35.5 Å². The molecule has 0 spiro atoms. The number of likely N-dealkylation sites (tertiary alicyclic amines) is 1. The van der Waals surface area contributed by atoms with Crippen molar-refractivity contribution in [3.05, 3.63) is 24.3 Å². The van der Waals surface area contributed by atoms with Crippen LogP contribution in [0.15, 0.2) is 24.3 Å². The first kappa shape index (κ1) is 18.2. The summed E-state index contributed by atoms with van der Waals surface area (Å²) in [6.07, 6.45) is -1.68. The first-order valence-electron chi connectivity index (χ1n) is 8.25. The predicted octanol–water partition coefficient (Wildman–Crippen LogP) is 2.70. The summed E-state index contributed by atoms with van der Waals surface area (Å²) in [7, 11) is 0. The topological polar surface area (TPSA) is 75.7 Å². The highest BCUT2D eigenvalue weighted by Gasteiger charge is 2.48. The van der Waals surface area contributed by atoms with Gasteiger partial charge in [0.05, 0.1) is 11.8 Å². The molecule has 2 fully saturated rings. The second-order valence-electron chi connectivity index (χ2n) is 6.38. The van der Waals surface area contributed by atoms with Crippen LogP contribution in [0.4, 0.5) is 18.9 Å². The van der Waals surface area contributed by atoms with Crippen molar-refractivity contribution in [1.29, 1.82) is 0 Å². The van der Waals surface area contributed by atoms with E-state index in [0.29, 0.717) is 12.8 Å². The number of benzene rings is 1. The molecule has 1 saturated carbocycles. The molecule has 6 nitrogen and oxygen atoms in total. The first-order chi connectivity index (χ1) is 12.2. The standard InChI is InChI=1S/C17H17F3N2O4/c18-17(19,20)26-11-7-5-10(6-8-11)21-14(23)9-22-15(24)12-3-1-2-4-13(12)16(22)25/h5-8,12-13H,1-4,9H2,(H,21,23)/t12-,13+. The van der Waals surface area contributed by atoms with Crippen molar-refractivity contribution in [3.8, 4) is 5.75 Å². The molecular formula is C17H17F3N2O4. The third-order valence-electron chi connectivity index (χ3n) is 4.61. The minimum atomic E-state index is -4.79. The predicted molar refractivity (Wildman–Crippen MR) is 83.9 cm³/mol. The normalized spacial score (nSPS) is 23.0. The van der Waals surface area contributed by atoms with Crippen LogP contribution in [0, 0.1) is 11.8 Å². The number of ether oxygens (including phenoxy) is 1. The van der Waals surface area contributed by atoms with Crippen molar-refractivity contribution in [2.45, 2.75) is 32.0 Å². The minimum Gasteiger partial charge on any atom is -0.406 e. The maximum atomic E-state index is 12.3. The van der Waals surface area contributed by atoms with Crippen molar-refractivity contribution in [2.24, 2.45) is 11.8 Å². The second-order valence-corrected chi connectivity index (χ2v) is 6.38. The second kappa shape index (κ2) is 6.97. The van der Waals surface area contributed by atoms with Crippen molar-refractivity contribution in [2.75, 3.05) is 11.9 Å². The fraction of sp³-hybridized carbons (Fsp3) is 0.471. The number of fused-ring (bicyclic) bond motifs is 1. The molecule has 0 unspecified atom stereocenters. The fourth-order valence-corrected chi connectivity index (χ4v) is 3.47. The van der Waals surface area contributed by atoms with Gasteiger partial charge in [-0.05, 0) is 37.1 Å². The van der Waals surface area contributed by atoms with E-state index < -0.39 is 24.6 Å². The summed E-state index contributed by atoms with van der Waals surface area (Å²) in [4.78, 5) is 37.7. The Labute approximate surface area is 147 Å². The maximum absolute atomic E-state index is 12.3. The summed E-state index contributed by atoms with van der Waals surface area (Å²) in [5, 5.41) is 2.46. The summed E-state index contributed by atoms with van der Waals surface area (Å²) < 4.78 is 40.1. The van der Waals surface area contributed by atoms with E-state index in [1.54, 1.807) is 0 Å². The average molecular weight is 370 g/mol. The van der Waals surface area contributed by atoms with Crippen molar-refractivity contribution in [1.82, 2.24) is 4.90 Å². The van der Waals surface area contributed by atoms with Gasteiger partial charge in [-0.2, -0.15) is 0 Å². The monoisotopic (exact) mass is 370 g/mol. The van der Waals surface area contributed by atoms with Gasteiger partial charge in [0.2, 0.25) is 17.7 Å². The molecule has 1 heterocycles. The van der Waals surface area contributed by atoms with Crippen LogP contribution in [0.3, 0.4) is 0 Å². The van der Waals surface area contributed by atoms with E-state index in [4.69, 9.17) is 0 Å². The summed E-state index contributed by atoms with van der Waals surface area (Å²) in [5.41, 5.74) is 0.237. The van der Waals surface area contributed by atoms with Gasteiger partial charge in [0, 0.05) is 5.69 Å². The van der Waals surface area contributed by atoms with Gasteiger partial charge in [-0.15, -0.1) is 13.2 Å². The zero-order valence-electron chi connectivity index (χ0n) is 13.7. The molecule has 1 aliphatic carbocycles. The highest BCUT2D eigenvalue weighted by atomic mass is 19.4. The Hall–Kier alpha value is -2.58. The number of alkyl halides is 3. The molecule has 9 heteroatoms. The Morgan fingerprint density at radius 3 is 2.12 bits per heavy atom. The van der Waals surface area contributed by atoms with E-state index in [1.807, 2.05) is 0 Å². The number of imide groups is 1. The van der Waals surface area contributed by atoms with Crippen LogP contribution in [0.5, 0.6) is 5.75 Å². The maximum Gasteiger partial charge on any atom is 0.573 e. The fourth-order valence-electron chi connectivity index (χ4n) is 3.47. The lowest BCUT2D eigenvalue weighted by atomic mass is 9.81. The number of hydrogen-bond donors (Lipinski definition) is 1. The number of hydrogen-bond acceptors (Lipinski definition) is 4. The lowest BCUT2D eigenvalue weighted by molar-refractivity contribution is -0.274. The molecule has 1 saturated heterocycles. The van der Waals surface area contributed by atoms with E-state index in [9.17, 15) is 27.6 Å². The largest absolute Gasteiger partial charge is 0.573 e. The van der Waals surface area contributed by atoms with Gasteiger partial charge in [0.25, 0.3) is 0 Å². The van der Waals surface area contributed by atoms with Crippen LogP contribution in [-0.2, 0) is 14.4 Å². The van der Waals surface area contributed by atoms with Crippen LogP contribution >= 0.6 is 0 Å². The number of nitrogens with one attached hydrogen (secondary N) is 1. The van der Waals surface area contributed by atoms with Crippen LogP contribution in [0.1, 0.15) is 25.7 Å². The van der Waals surface area contributed by atoms with Crippen molar-refractivity contribution < 1.29 is 32.3 Å². The molecule has 1 aliphatic heterocycles. The van der Waals surface area contributed by atoms with E-state index in [2.05, 4.69) is 10.1 Å². The molecular weight excluding hydrogens is 353 g/mol. The molecule has 1 aromatic carbocycles. The Morgan fingerprint density at radius 2 is 1.62 bits per heavy atom. The summed E-state index contributed by atoms with van der Waals surface area (Å²) >= 11 is 0. The van der Waals surface area contributed by atoms with E-state index in [-0.39, 0.29) is 29.3 Å². The lowest BCUT2D eigenvalue weighted by Gasteiger charge is -2.19. The molecule has 0 aromatic heterocycles. The van der Waals surface area contributed by atoms with Gasteiger partial charge < -0.3 is 10.1 Å². The van der Waals surface area contributed by atoms with Gasteiger partial charge in [0.15, 0.2) is 0 Å². The zero-order chi connectivity index (χ0) is 18.9. The van der Waals surface area contributed by atoms with E-state index >= 15 is 0 Å². The first-order valence-corrected chi connectivity index (χ1v) is 8.25. The number of carbonyl (C=O) groups is 3. The Balaban J connectivity index is 1.59. The van der Waals surface area contributed by atoms with E-state index in [0.717, 1.165) is 29.9 Å². The number of rotatable bonds is 4. The molecule has 2 aliphatic rings. The third-order valence-corrected chi connectivity index (χ3v) is 4.61. The SMILES string of the molecule is O=C(CN1C(=O)[C@H]2CCCC[C@H]2C1=O)Nc1ccc(OC(F)(F)F)cc1. The number of halogens is 3. The minimum absolute atomic E-state index is 0.237. The van der Waals surface area contributed by atoms with Crippen LogP contribution < -0.4 is 10.1 Å². The van der Waals surface area contributed by atoms with Crippen molar-refractivity contribution in [3.63, 3.8) is 0 Å². The Morgan fingerprint density at radius 1 is 1.08 bits per heavy atom. The number of nitrogens with zero attached hydrogens (tertiary/aromatic N) is 1. The van der Waals surface area contributed by atoms with Gasteiger partial charge in [-0.1, -0.05) is 12.8 Å². The molecule has 1 N–H and O–H groups in total. The quantitative estimate of drug-likeness (QED) is 0.827. The number of anilines is 1. The smallest absolute Gasteiger partial charge is 0.406 e. The molecule has 2 atom stereocenters. The van der Waals surface area contributed by atoms with Gasteiger partial charge in [-0.25, -0.2) is 0 Å². The number of amides is 3. The summed E-state index contributed by atoms with van der Waals surface area (Å²) in [6, 6.07) is 4.60. The van der Waals surface area contributed by atoms with Crippen molar-refractivity contribution >= 4 is 23.4 Å². The molecule has 140 valence electrons. The van der Waals surface area contributed by atoms with Crippen LogP contribution in [0.25, 0.3) is 0 Å². The Kier molecular flexibility index (Phi) is 4.88. The molecule has 0 radical (unpaired) electrons. The summed E-state index contributed by atoms with van der Waals surface area (Å²) in [5.74, 6) is -2.29. The number of carbonyl (C=O) groups excluding carboxylic acids is 3. The Bertz CT molecular complexity index is 694. The van der Waals surface area contributed by atoms with Gasteiger partial charge >= 0.3 is 6.36 Å². The summed E-state index contributed by atoms with van der Waals surface area (Å²) in [6.45, 7) is -0.397. The van der Waals surface area contributed by atoms with Gasteiger partial charge in [-0.3, -0.25) is 19.3 Å². The van der Waals surface area contributed by atoms with Gasteiger partial charge in [0.1, 0.15) is 12.3 Å². The molecule has 26 heavy (non-hydrogen) atoms.